The van der Waals surface area contributed by atoms with Gasteiger partial charge in [0.15, 0.2) is 5.96 Å². The fraction of sp³-hybridized carbons (Fsp3) is 0.882. The second-order valence-corrected chi connectivity index (χ2v) is 7.74. The molecule has 1 saturated heterocycles. The first-order valence-corrected chi connectivity index (χ1v) is 8.99. The third-order valence-electron chi connectivity index (χ3n) is 4.39. The molecule has 0 spiro atoms. The third kappa shape index (κ3) is 7.98. The van der Waals surface area contributed by atoms with Crippen molar-refractivity contribution in [3.8, 4) is 0 Å². The minimum Gasteiger partial charge on any atom is -0.444 e. The minimum atomic E-state index is -0.431. The first kappa shape index (κ1) is 22.3. The van der Waals surface area contributed by atoms with Crippen molar-refractivity contribution in [1.29, 1.82) is 0 Å². The van der Waals surface area contributed by atoms with Gasteiger partial charge in [-0.1, -0.05) is 0 Å². The van der Waals surface area contributed by atoms with Crippen LogP contribution in [0.5, 0.6) is 0 Å². The van der Waals surface area contributed by atoms with E-state index >= 15 is 0 Å². The number of carbonyl (C=O) groups excluding carboxylic acids is 1. The molecule has 146 valence electrons. The van der Waals surface area contributed by atoms with E-state index in [1.54, 1.807) is 4.90 Å². The van der Waals surface area contributed by atoms with Gasteiger partial charge in [-0.25, -0.2) is 4.79 Å². The van der Waals surface area contributed by atoms with Gasteiger partial charge in [-0.3, -0.25) is 9.89 Å². The highest BCUT2D eigenvalue weighted by atomic mass is 127. The van der Waals surface area contributed by atoms with Crippen LogP contribution in [0.4, 0.5) is 4.79 Å². The van der Waals surface area contributed by atoms with Crippen LogP contribution in [-0.2, 0) is 4.74 Å². The van der Waals surface area contributed by atoms with Crippen molar-refractivity contribution in [1.82, 2.24) is 14.7 Å². The molecule has 2 N–H and O–H groups in total. The Morgan fingerprint density at radius 3 is 2.36 bits per heavy atom. The standard InChI is InChI=1S/C17H33N5O2.HI/c1-17(2,3)24-16(23)22-12-10-21(11-13-22)9-5-8-19-15(18)20(4)14-6-7-14;/h14H,5-13H2,1-4H3,(H2,18,19);1H. The van der Waals surface area contributed by atoms with Crippen LogP contribution in [0.3, 0.4) is 0 Å². The van der Waals surface area contributed by atoms with Gasteiger partial charge < -0.3 is 20.3 Å². The molecule has 0 bridgehead atoms. The molecular formula is C17H34IN5O2. The first-order valence-electron chi connectivity index (χ1n) is 8.99. The number of hydrogen-bond acceptors (Lipinski definition) is 4. The molecule has 8 heteroatoms. The largest absolute Gasteiger partial charge is 0.444 e. The van der Waals surface area contributed by atoms with E-state index in [4.69, 9.17) is 10.5 Å². The lowest BCUT2D eigenvalue weighted by Gasteiger charge is -2.35. The van der Waals surface area contributed by atoms with Crippen LogP contribution in [0, 0.1) is 0 Å². The molecule has 7 nitrogen and oxygen atoms in total. The van der Waals surface area contributed by atoms with Gasteiger partial charge in [0.05, 0.1) is 0 Å². The second kappa shape index (κ2) is 9.80. The third-order valence-corrected chi connectivity index (χ3v) is 4.39. The highest BCUT2D eigenvalue weighted by Crippen LogP contribution is 2.24. The zero-order valence-electron chi connectivity index (χ0n) is 16.0. The number of guanidine groups is 1. The monoisotopic (exact) mass is 467 g/mol. The molecule has 1 aliphatic carbocycles. The van der Waals surface area contributed by atoms with Gasteiger partial charge >= 0.3 is 6.09 Å². The van der Waals surface area contributed by atoms with Gasteiger partial charge in [-0.15, -0.1) is 24.0 Å². The molecule has 1 amide bonds. The molecule has 1 saturated carbocycles. The Morgan fingerprint density at radius 1 is 1.24 bits per heavy atom. The van der Waals surface area contributed by atoms with Crippen molar-refractivity contribution in [2.75, 3.05) is 46.3 Å². The van der Waals surface area contributed by atoms with E-state index in [1.807, 2.05) is 27.8 Å². The summed E-state index contributed by atoms with van der Waals surface area (Å²) in [7, 11) is 2.02. The van der Waals surface area contributed by atoms with E-state index in [-0.39, 0.29) is 30.1 Å². The highest BCUT2D eigenvalue weighted by molar-refractivity contribution is 14.0. The number of piperazine rings is 1. The van der Waals surface area contributed by atoms with Crippen molar-refractivity contribution in [3.63, 3.8) is 0 Å². The Balaban J connectivity index is 0.00000312. The molecule has 0 aromatic rings. The maximum Gasteiger partial charge on any atom is 0.410 e. The molecule has 2 fully saturated rings. The van der Waals surface area contributed by atoms with E-state index in [1.165, 1.54) is 12.8 Å². The van der Waals surface area contributed by atoms with Crippen molar-refractivity contribution in [2.45, 2.75) is 51.7 Å². The van der Waals surface area contributed by atoms with Gasteiger partial charge in [0, 0.05) is 52.4 Å². The molecule has 25 heavy (non-hydrogen) atoms. The Hall–Kier alpha value is -0.770. The molecule has 2 rings (SSSR count). The number of carbonyl (C=O) groups is 1. The summed E-state index contributed by atoms with van der Waals surface area (Å²) in [4.78, 5) is 22.7. The van der Waals surface area contributed by atoms with Gasteiger partial charge in [0.2, 0.25) is 0 Å². The zero-order valence-corrected chi connectivity index (χ0v) is 18.4. The van der Waals surface area contributed by atoms with Gasteiger partial charge in [0.1, 0.15) is 5.60 Å². The molecule has 0 aromatic heterocycles. The van der Waals surface area contributed by atoms with Crippen LogP contribution >= 0.6 is 24.0 Å². The fourth-order valence-corrected chi connectivity index (χ4v) is 2.73. The number of amides is 1. The Labute approximate surface area is 169 Å². The quantitative estimate of drug-likeness (QED) is 0.290. The van der Waals surface area contributed by atoms with E-state index < -0.39 is 5.60 Å². The van der Waals surface area contributed by atoms with Gasteiger partial charge in [0.25, 0.3) is 0 Å². The maximum absolute atomic E-state index is 12.0. The first-order chi connectivity index (χ1) is 11.3. The lowest BCUT2D eigenvalue weighted by Crippen LogP contribution is -2.50. The summed E-state index contributed by atoms with van der Waals surface area (Å²) in [6.07, 6.45) is 3.25. The average molecular weight is 467 g/mol. The average Bonchev–Trinajstić information content (AvgIpc) is 3.34. The van der Waals surface area contributed by atoms with Crippen LogP contribution in [0.2, 0.25) is 0 Å². The van der Waals surface area contributed by atoms with Crippen molar-refractivity contribution >= 4 is 36.0 Å². The zero-order chi connectivity index (χ0) is 17.7. The number of ether oxygens (including phenoxy) is 1. The normalized spacial score (nSPS) is 19.4. The fourth-order valence-electron chi connectivity index (χ4n) is 2.73. The topological polar surface area (TPSA) is 74.4 Å². The Bertz CT molecular complexity index is 454. The molecule has 0 atom stereocenters. The van der Waals surface area contributed by atoms with Crippen LogP contribution in [0.25, 0.3) is 0 Å². The van der Waals surface area contributed by atoms with E-state index in [0.29, 0.717) is 12.0 Å². The molecule has 1 heterocycles. The number of aliphatic imine (C=N–C) groups is 1. The number of rotatable bonds is 5. The Kier molecular flexibility index (Phi) is 8.73. The summed E-state index contributed by atoms with van der Waals surface area (Å²) in [6, 6.07) is 0.606. The lowest BCUT2D eigenvalue weighted by molar-refractivity contribution is 0.0145. The van der Waals surface area contributed by atoms with Gasteiger partial charge in [-0.05, 0) is 40.0 Å². The van der Waals surface area contributed by atoms with Crippen LogP contribution < -0.4 is 5.73 Å². The van der Waals surface area contributed by atoms with Crippen LogP contribution in [0.1, 0.15) is 40.0 Å². The minimum absolute atomic E-state index is 0. The predicted octanol–water partition coefficient (Wildman–Crippen LogP) is 1.96. The number of hydrogen-bond donors (Lipinski definition) is 1. The van der Waals surface area contributed by atoms with Crippen LogP contribution in [0.15, 0.2) is 4.99 Å². The maximum atomic E-state index is 12.0. The molecule has 0 unspecified atom stereocenters. The summed E-state index contributed by atoms with van der Waals surface area (Å²) >= 11 is 0. The SMILES string of the molecule is CN(C(N)=NCCCN1CCN(C(=O)OC(C)(C)C)CC1)C1CC1.I. The second-order valence-electron chi connectivity index (χ2n) is 7.74. The molecule has 1 aliphatic heterocycles. The van der Waals surface area contributed by atoms with Crippen LogP contribution in [-0.4, -0.2) is 84.7 Å². The number of nitrogens with zero attached hydrogens (tertiary/aromatic N) is 4. The Morgan fingerprint density at radius 2 is 1.84 bits per heavy atom. The summed E-state index contributed by atoms with van der Waals surface area (Å²) < 4.78 is 5.42. The van der Waals surface area contributed by atoms with Crippen molar-refractivity contribution in [3.05, 3.63) is 0 Å². The van der Waals surface area contributed by atoms with E-state index in [2.05, 4.69) is 14.8 Å². The molecule has 0 radical (unpaired) electrons. The van der Waals surface area contributed by atoms with Crippen molar-refractivity contribution in [2.24, 2.45) is 10.7 Å². The summed E-state index contributed by atoms with van der Waals surface area (Å²) in [5.41, 5.74) is 5.55. The summed E-state index contributed by atoms with van der Waals surface area (Å²) in [5, 5.41) is 0. The number of nitrogens with two attached hydrogens (primary N) is 1. The highest BCUT2D eigenvalue weighted by Gasteiger charge is 2.27. The lowest BCUT2D eigenvalue weighted by atomic mass is 10.2. The summed E-state index contributed by atoms with van der Waals surface area (Å²) in [5.74, 6) is 0.659. The van der Waals surface area contributed by atoms with Crippen molar-refractivity contribution < 1.29 is 9.53 Å². The number of halogens is 1. The predicted molar refractivity (Wildman–Crippen MR) is 112 cm³/mol. The van der Waals surface area contributed by atoms with E-state index in [9.17, 15) is 4.79 Å². The van der Waals surface area contributed by atoms with Gasteiger partial charge in [-0.2, -0.15) is 0 Å². The molecule has 2 aliphatic rings. The molecular weight excluding hydrogens is 433 g/mol. The smallest absolute Gasteiger partial charge is 0.410 e. The summed E-state index contributed by atoms with van der Waals surface area (Å²) in [6.45, 7) is 10.7. The van der Waals surface area contributed by atoms with E-state index in [0.717, 1.165) is 45.7 Å². The molecule has 0 aromatic carbocycles.